The van der Waals surface area contributed by atoms with Gasteiger partial charge in [0.2, 0.25) is 0 Å². The molecule has 12 heteroatoms. The number of furan rings is 1. The summed E-state index contributed by atoms with van der Waals surface area (Å²) in [6, 6.07) is 7.32. The van der Waals surface area contributed by atoms with Crippen molar-refractivity contribution in [3.8, 4) is 0 Å². The van der Waals surface area contributed by atoms with Gasteiger partial charge in [0.15, 0.2) is 16.4 Å². The van der Waals surface area contributed by atoms with Gasteiger partial charge < -0.3 is 15.1 Å². The van der Waals surface area contributed by atoms with E-state index in [-0.39, 0.29) is 22.4 Å². The molecule has 1 aliphatic heterocycles. The number of amides is 1. The van der Waals surface area contributed by atoms with E-state index in [1.165, 1.54) is 0 Å². The average Bonchev–Trinajstić information content (AvgIpc) is 3.26. The molecule has 2 aromatic heterocycles. The summed E-state index contributed by atoms with van der Waals surface area (Å²) in [7, 11) is 0. The van der Waals surface area contributed by atoms with E-state index in [1.54, 1.807) is 36.4 Å². The maximum atomic E-state index is 13.8. The van der Waals surface area contributed by atoms with E-state index in [2.05, 4.69) is 63.5 Å². The lowest BCUT2D eigenvalue weighted by molar-refractivity contribution is -0.174. The molecule has 0 fully saturated rings. The third kappa shape index (κ3) is 4.17. The lowest BCUT2D eigenvalue weighted by atomic mass is 10.0. The molecule has 0 saturated carbocycles. The number of carbonyl (C=O) groups is 1. The van der Waals surface area contributed by atoms with Crippen LogP contribution in [0.15, 0.2) is 54.4 Å². The van der Waals surface area contributed by atoms with Gasteiger partial charge in [-0.25, -0.2) is 4.68 Å². The number of alkyl halides is 3. The van der Waals surface area contributed by atoms with Gasteiger partial charge in [-0.1, -0.05) is 15.9 Å². The molecule has 0 unspecified atom stereocenters. The minimum Gasteiger partial charge on any atom is -0.452 e. The van der Waals surface area contributed by atoms with Crippen LogP contribution < -0.4 is 10.6 Å². The largest absolute Gasteiger partial charge is 0.452 e. The number of nitrogens with zero attached hydrogens (tertiary/aromatic N) is 2. The van der Waals surface area contributed by atoms with E-state index >= 15 is 0 Å². The third-order valence-electron chi connectivity index (χ3n) is 4.55. The van der Waals surface area contributed by atoms with Crippen molar-refractivity contribution in [3.63, 3.8) is 0 Å². The van der Waals surface area contributed by atoms with Crippen LogP contribution in [0.2, 0.25) is 0 Å². The van der Waals surface area contributed by atoms with Crippen LogP contribution in [0.4, 0.5) is 24.7 Å². The van der Waals surface area contributed by atoms with Crippen LogP contribution in [0.1, 0.15) is 34.8 Å². The summed E-state index contributed by atoms with van der Waals surface area (Å²) in [5.74, 6) is -0.232. The number of hydrogen-bond donors (Lipinski definition) is 2. The average molecular weight is 613 g/mol. The second-order valence-electron chi connectivity index (χ2n) is 6.55. The Bertz CT molecular complexity index is 1100. The Labute approximate surface area is 193 Å². The summed E-state index contributed by atoms with van der Waals surface area (Å²) in [6.45, 7) is 0. The molecule has 1 amide bonds. The van der Waals surface area contributed by atoms with Gasteiger partial charge in [-0.05, 0) is 68.3 Å². The molecule has 30 heavy (non-hydrogen) atoms. The van der Waals surface area contributed by atoms with Crippen molar-refractivity contribution in [3.05, 3.63) is 61.5 Å². The quantitative estimate of drug-likeness (QED) is 0.346. The van der Waals surface area contributed by atoms with Gasteiger partial charge >= 0.3 is 6.18 Å². The van der Waals surface area contributed by atoms with Gasteiger partial charge in [-0.3, -0.25) is 4.79 Å². The second kappa shape index (κ2) is 8.04. The number of anilines is 2. The Balaban J connectivity index is 1.69. The molecule has 1 aliphatic rings. The normalized spacial score (nSPS) is 18.6. The topological polar surface area (TPSA) is 72.1 Å². The van der Waals surface area contributed by atoms with Gasteiger partial charge in [0, 0.05) is 16.6 Å². The highest BCUT2D eigenvalue weighted by Crippen LogP contribution is 2.46. The first-order valence-electron chi connectivity index (χ1n) is 8.57. The molecule has 3 heterocycles. The number of nitrogens with one attached hydrogen (secondary N) is 2. The number of halogens is 6. The summed E-state index contributed by atoms with van der Waals surface area (Å²) in [6.07, 6.45) is -4.90. The number of rotatable bonds is 3. The standard InChI is InChI=1S/C18H12Br3F3N4O2/c19-8-1-3-9(4-2-8)25-17(29)15-14(21)16-26-10(11-5-6-13(20)30-11)7-12(18(22,23)24)28(16)27-15/h1-6,10,12,26H,7H2,(H,25,29)/t10-,12+/m1/s1. The van der Waals surface area contributed by atoms with E-state index in [0.29, 0.717) is 16.1 Å². The van der Waals surface area contributed by atoms with E-state index in [1.807, 2.05) is 0 Å². The molecule has 0 radical (unpaired) electrons. The summed E-state index contributed by atoms with van der Waals surface area (Å²) in [5.41, 5.74) is 0.329. The van der Waals surface area contributed by atoms with Gasteiger partial charge in [0.1, 0.15) is 11.6 Å². The van der Waals surface area contributed by atoms with Crippen LogP contribution in [0, 0.1) is 0 Å². The molecular weight excluding hydrogens is 601 g/mol. The number of fused-ring (bicyclic) bond motifs is 1. The van der Waals surface area contributed by atoms with Gasteiger partial charge in [-0.2, -0.15) is 18.3 Å². The minimum atomic E-state index is -4.57. The van der Waals surface area contributed by atoms with Gasteiger partial charge in [-0.15, -0.1) is 0 Å². The summed E-state index contributed by atoms with van der Waals surface area (Å²) in [4.78, 5) is 12.7. The van der Waals surface area contributed by atoms with E-state index in [4.69, 9.17) is 4.42 Å². The Kier molecular flexibility index (Phi) is 5.75. The molecule has 0 bridgehead atoms. The zero-order valence-corrected chi connectivity index (χ0v) is 19.6. The fraction of sp³-hybridized carbons (Fsp3) is 0.222. The first kappa shape index (κ1) is 21.4. The predicted molar refractivity (Wildman–Crippen MR) is 115 cm³/mol. The van der Waals surface area contributed by atoms with Crippen molar-refractivity contribution in [2.75, 3.05) is 10.6 Å². The van der Waals surface area contributed by atoms with Crippen molar-refractivity contribution < 1.29 is 22.4 Å². The first-order valence-corrected chi connectivity index (χ1v) is 10.9. The summed E-state index contributed by atoms with van der Waals surface area (Å²) in [5, 5.41) is 9.60. The molecule has 4 rings (SSSR count). The monoisotopic (exact) mass is 610 g/mol. The SMILES string of the molecule is O=C(Nc1ccc(Br)cc1)c1nn2c(c1Br)N[C@@H](c1ccc(Br)o1)C[C@H]2C(F)(F)F. The van der Waals surface area contributed by atoms with Crippen LogP contribution in [-0.2, 0) is 0 Å². The van der Waals surface area contributed by atoms with E-state index < -0.39 is 24.2 Å². The Morgan fingerprint density at radius 3 is 2.47 bits per heavy atom. The Morgan fingerprint density at radius 2 is 1.87 bits per heavy atom. The van der Waals surface area contributed by atoms with Crippen molar-refractivity contribution in [1.29, 1.82) is 0 Å². The zero-order chi connectivity index (χ0) is 21.6. The molecule has 0 aliphatic carbocycles. The first-order chi connectivity index (χ1) is 14.1. The molecule has 2 N–H and O–H groups in total. The lowest BCUT2D eigenvalue weighted by Gasteiger charge is -2.32. The van der Waals surface area contributed by atoms with Crippen molar-refractivity contribution >= 4 is 65.2 Å². The van der Waals surface area contributed by atoms with Crippen LogP contribution in [-0.4, -0.2) is 21.9 Å². The smallest absolute Gasteiger partial charge is 0.410 e. The Hall–Kier alpha value is -1.79. The highest BCUT2D eigenvalue weighted by atomic mass is 79.9. The van der Waals surface area contributed by atoms with Crippen molar-refractivity contribution in [2.24, 2.45) is 0 Å². The van der Waals surface area contributed by atoms with E-state index in [0.717, 1.165) is 9.15 Å². The van der Waals surface area contributed by atoms with E-state index in [9.17, 15) is 18.0 Å². The minimum absolute atomic E-state index is 0.0575. The highest BCUT2D eigenvalue weighted by molar-refractivity contribution is 9.11. The molecule has 0 spiro atoms. The molecule has 0 saturated heterocycles. The Morgan fingerprint density at radius 1 is 1.17 bits per heavy atom. The fourth-order valence-electron chi connectivity index (χ4n) is 3.16. The predicted octanol–water partition coefficient (Wildman–Crippen LogP) is 6.68. The number of aromatic nitrogens is 2. The van der Waals surface area contributed by atoms with Crippen LogP contribution >= 0.6 is 47.8 Å². The third-order valence-corrected chi connectivity index (χ3v) is 6.26. The molecule has 1 aromatic carbocycles. The maximum Gasteiger partial charge on any atom is 0.410 e. The van der Waals surface area contributed by atoms with Gasteiger partial charge in [0.05, 0.1) is 10.5 Å². The molecule has 6 nitrogen and oxygen atoms in total. The van der Waals surface area contributed by atoms with Crippen LogP contribution in [0.5, 0.6) is 0 Å². The van der Waals surface area contributed by atoms with Crippen molar-refractivity contribution in [2.45, 2.75) is 24.7 Å². The second-order valence-corrected chi connectivity index (χ2v) is 9.04. The number of carbonyl (C=O) groups excluding carboxylic acids is 1. The summed E-state index contributed by atoms with van der Waals surface area (Å²) < 4.78 is 49.0. The lowest BCUT2D eigenvalue weighted by Crippen LogP contribution is -2.35. The maximum absolute atomic E-state index is 13.8. The zero-order valence-electron chi connectivity index (χ0n) is 14.8. The molecule has 3 aromatic rings. The molecule has 158 valence electrons. The van der Waals surface area contributed by atoms with Crippen LogP contribution in [0.3, 0.4) is 0 Å². The van der Waals surface area contributed by atoms with Crippen LogP contribution in [0.25, 0.3) is 0 Å². The number of hydrogen-bond acceptors (Lipinski definition) is 4. The van der Waals surface area contributed by atoms with Crippen molar-refractivity contribution in [1.82, 2.24) is 9.78 Å². The summed E-state index contributed by atoms with van der Waals surface area (Å²) >= 11 is 9.70. The molecule has 2 atom stereocenters. The fourth-order valence-corrected chi connectivity index (χ4v) is 4.30. The highest BCUT2D eigenvalue weighted by Gasteiger charge is 2.48. The number of benzene rings is 1. The van der Waals surface area contributed by atoms with Gasteiger partial charge in [0.25, 0.3) is 5.91 Å². The molecular formula is C18H12Br3F3N4O2.